The summed E-state index contributed by atoms with van der Waals surface area (Å²) >= 11 is 0. The number of carbonyl (C=O) groups excluding carboxylic acids is 1. The van der Waals surface area contributed by atoms with Gasteiger partial charge in [-0.05, 0) is 32.9 Å². The summed E-state index contributed by atoms with van der Waals surface area (Å²) in [6, 6.07) is 7.12. The number of hydrogen-bond donors (Lipinski definition) is 1. The van der Waals surface area contributed by atoms with Crippen LogP contribution in [-0.4, -0.2) is 35.0 Å². The molecule has 130 valence electrons. The molecule has 1 aromatic heterocycles. The number of amides is 1. The Morgan fingerprint density at radius 1 is 1.29 bits per heavy atom. The zero-order valence-corrected chi connectivity index (χ0v) is 14.5. The number of hydrogen-bond acceptors (Lipinski definition) is 5. The predicted molar refractivity (Wildman–Crippen MR) is 91.0 cm³/mol. The Morgan fingerprint density at radius 3 is 2.67 bits per heavy atom. The largest absolute Gasteiger partial charge is 0.444 e. The second-order valence-electron chi connectivity index (χ2n) is 6.35. The number of ether oxygens (including phenoxy) is 2. The summed E-state index contributed by atoms with van der Waals surface area (Å²) in [5, 5.41) is 3.18. The first-order valence-electron chi connectivity index (χ1n) is 7.76. The molecule has 7 heteroatoms. The standard InChI is InChI=1S/C17H23N3O4/c1-17(2,3)24-16(22)18-11-14-19-13-8-6-5-7-12(13)15(21)20(14)9-10-23-4/h5-8H,9-11H2,1-4H3,(H,18,22). The van der Waals surface area contributed by atoms with Crippen LogP contribution in [0.5, 0.6) is 0 Å². The molecule has 0 spiro atoms. The lowest BCUT2D eigenvalue weighted by molar-refractivity contribution is 0.0521. The number of fused-ring (bicyclic) bond motifs is 1. The van der Waals surface area contributed by atoms with Crippen LogP contribution in [0.1, 0.15) is 26.6 Å². The van der Waals surface area contributed by atoms with Crippen LogP contribution in [0.15, 0.2) is 29.1 Å². The highest BCUT2D eigenvalue weighted by molar-refractivity contribution is 5.77. The van der Waals surface area contributed by atoms with Crippen molar-refractivity contribution in [1.29, 1.82) is 0 Å². The zero-order valence-electron chi connectivity index (χ0n) is 14.5. The highest BCUT2D eigenvalue weighted by atomic mass is 16.6. The number of para-hydroxylation sites is 1. The van der Waals surface area contributed by atoms with Crippen molar-refractivity contribution in [2.75, 3.05) is 13.7 Å². The lowest BCUT2D eigenvalue weighted by Crippen LogP contribution is -2.35. The van der Waals surface area contributed by atoms with E-state index in [-0.39, 0.29) is 12.1 Å². The second kappa shape index (κ2) is 7.44. The first-order valence-corrected chi connectivity index (χ1v) is 7.76. The third-order valence-corrected chi connectivity index (χ3v) is 3.25. The average molecular weight is 333 g/mol. The van der Waals surface area contributed by atoms with Crippen molar-refractivity contribution in [3.05, 3.63) is 40.4 Å². The summed E-state index contributed by atoms with van der Waals surface area (Å²) in [5.41, 5.74) is -0.146. The molecule has 1 N–H and O–H groups in total. The minimum absolute atomic E-state index is 0.0959. The lowest BCUT2D eigenvalue weighted by atomic mass is 10.2. The molecule has 0 unspecified atom stereocenters. The second-order valence-corrected chi connectivity index (χ2v) is 6.35. The Bertz CT molecular complexity index is 777. The van der Waals surface area contributed by atoms with Crippen molar-refractivity contribution in [3.63, 3.8) is 0 Å². The number of alkyl carbamates (subject to hydrolysis) is 1. The van der Waals surface area contributed by atoms with Gasteiger partial charge in [-0.25, -0.2) is 9.78 Å². The summed E-state index contributed by atoms with van der Waals surface area (Å²) < 4.78 is 11.8. The van der Waals surface area contributed by atoms with E-state index in [1.807, 2.05) is 6.07 Å². The zero-order chi connectivity index (χ0) is 17.7. The number of rotatable bonds is 5. The minimum atomic E-state index is -0.587. The van der Waals surface area contributed by atoms with Crippen molar-refractivity contribution in [3.8, 4) is 0 Å². The molecular weight excluding hydrogens is 310 g/mol. The Labute approximate surface area is 140 Å². The molecule has 0 atom stereocenters. The van der Waals surface area contributed by atoms with E-state index < -0.39 is 11.7 Å². The van der Waals surface area contributed by atoms with Crippen LogP contribution in [0.2, 0.25) is 0 Å². The van der Waals surface area contributed by atoms with Gasteiger partial charge in [-0.1, -0.05) is 12.1 Å². The Kier molecular flexibility index (Phi) is 5.56. The highest BCUT2D eigenvalue weighted by Crippen LogP contribution is 2.09. The fraction of sp³-hybridized carbons (Fsp3) is 0.471. The molecule has 7 nitrogen and oxygen atoms in total. The van der Waals surface area contributed by atoms with E-state index in [1.54, 1.807) is 46.1 Å². The van der Waals surface area contributed by atoms with Crippen molar-refractivity contribution in [2.45, 2.75) is 39.5 Å². The van der Waals surface area contributed by atoms with Crippen molar-refractivity contribution < 1.29 is 14.3 Å². The third-order valence-electron chi connectivity index (χ3n) is 3.25. The summed E-state index contributed by atoms with van der Waals surface area (Å²) in [6.45, 7) is 6.19. The molecule has 0 radical (unpaired) electrons. The maximum atomic E-state index is 12.7. The molecule has 0 aliphatic heterocycles. The van der Waals surface area contributed by atoms with E-state index in [4.69, 9.17) is 9.47 Å². The maximum Gasteiger partial charge on any atom is 0.408 e. The van der Waals surface area contributed by atoms with Gasteiger partial charge < -0.3 is 14.8 Å². The third kappa shape index (κ3) is 4.55. The maximum absolute atomic E-state index is 12.7. The summed E-state index contributed by atoms with van der Waals surface area (Å²) in [6.07, 6.45) is -0.553. The quantitative estimate of drug-likeness (QED) is 0.906. The minimum Gasteiger partial charge on any atom is -0.444 e. The number of benzene rings is 1. The van der Waals surface area contributed by atoms with Crippen LogP contribution in [0.25, 0.3) is 10.9 Å². The fourth-order valence-corrected chi connectivity index (χ4v) is 2.23. The highest BCUT2D eigenvalue weighted by Gasteiger charge is 2.17. The molecule has 0 aliphatic rings. The van der Waals surface area contributed by atoms with Crippen LogP contribution in [0.4, 0.5) is 4.79 Å². The fourth-order valence-electron chi connectivity index (χ4n) is 2.23. The van der Waals surface area contributed by atoms with E-state index in [2.05, 4.69) is 10.3 Å². The number of aromatic nitrogens is 2. The smallest absolute Gasteiger partial charge is 0.408 e. The van der Waals surface area contributed by atoms with Gasteiger partial charge in [0, 0.05) is 7.11 Å². The number of carbonyl (C=O) groups is 1. The number of methoxy groups -OCH3 is 1. The Hall–Kier alpha value is -2.41. The van der Waals surface area contributed by atoms with E-state index in [0.717, 1.165) is 0 Å². The van der Waals surface area contributed by atoms with Crippen LogP contribution < -0.4 is 10.9 Å². The first kappa shape index (κ1) is 17.9. The van der Waals surface area contributed by atoms with Gasteiger partial charge in [-0.15, -0.1) is 0 Å². The molecule has 0 bridgehead atoms. The summed E-state index contributed by atoms with van der Waals surface area (Å²) in [5.74, 6) is 0.460. The Balaban J connectivity index is 2.30. The molecule has 0 fully saturated rings. The van der Waals surface area contributed by atoms with Crippen molar-refractivity contribution in [1.82, 2.24) is 14.9 Å². The van der Waals surface area contributed by atoms with Crippen LogP contribution in [0.3, 0.4) is 0 Å². The van der Waals surface area contributed by atoms with Gasteiger partial charge in [0.1, 0.15) is 11.4 Å². The molecule has 1 aromatic carbocycles. The molecule has 24 heavy (non-hydrogen) atoms. The topological polar surface area (TPSA) is 82.4 Å². The van der Waals surface area contributed by atoms with Crippen molar-refractivity contribution in [2.24, 2.45) is 0 Å². The Morgan fingerprint density at radius 2 is 2.00 bits per heavy atom. The van der Waals surface area contributed by atoms with Gasteiger partial charge in [0.15, 0.2) is 0 Å². The first-order chi connectivity index (χ1) is 11.3. The van der Waals surface area contributed by atoms with Gasteiger partial charge in [-0.2, -0.15) is 0 Å². The van der Waals surface area contributed by atoms with Crippen LogP contribution >= 0.6 is 0 Å². The normalized spacial score (nSPS) is 11.5. The molecular formula is C17H23N3O4. The molecule has 0 saturated heterocycles. The van der Waals surface area contributed by atoms with Gasteiger partial charge in [0.05, 0.1) is 30.6 Å². The molecule has 0 aliphatic carbocycles. The van der Waals surface area contributed by atoms with Crippen LogP contribution in [-0.2, 0) is 22.6 Å². The monoisotopic (exact) mass is 333 g/mol. The molecule has 2 aromatic rings. The molecule has 1 heterocycles. The van der Waals surface area contributed by atoms with E-state index in [9.17, 15) is 9.59 Å². The SMILES string of the molecule is COCCn1c(CNC(=O)OC(C)(C)C)nc2ccccc2c1=O. The van der Waals surface area contributed by atoms with Gasteiger partial charge in [-0.3, -0.25) is 9.36 Å². The summed E-state index contributed by atoms with van der Waals surface area (Å²) in [4.78, 5) is 29.0. The average Bonchev–Trinajstić information content (AvgIpc) is 2.50. The van der Waals surface area contributed by atoms with Crippen molar-refractivity contribution >= 4 is 17.0 Å². The predicted octanol–water partition coefficient (Wildman–Crippen LogP) is 2.07. The van der Waals surface area contributed by atoms with Crippen LogP contribution in [0, 0.1) is 0 Å². The van der Waals surface area contributed by atoms with Gasteiger partial charge >= 0.3 is 6.09 Å². The lowest BCUT2D eigenvalue weighted by Gasteiger charge is -2.20. The number of nitrogens with zero attached hydrogens (tertiary/aromatic N) is 2. The van der Waals surface area contributed by atoms with E-state index in [0.29, 0.717) is 29.9 Å². The van der Waals surface area contributed by atoms with Gasteiger partial charge in [0.2, 0.25) is 0 Å². The van der Waals surface area contributed by atoms with E-state index >= 15 is 0 Å². The molecule has 0 saturated carbocycles. The van der Waals surface area contributed by atoms with Gasteiger partial charge in [0.25, 0.3) is 5.56 Å². The number of nitrogens with one attached hydrogen (secondary N) is 1. The molecule has 2 rings (SSSR count). The molecule has 1 amide bonds. The van der Waals surface area contributed by atoms with E-state index in [1.165, 1.54) is 4.57 Å². The summed E-state index contributed by atoms with van der Waals surface area (Å²) in [7, 11) is 1.57.